The van der Waals surface area contributed by atoms with Crippen molar-refractivity contribution in [2.24, 2.45) is 0 Å². The Kier molecular flexibility index (Phi) is 4.94. The van der Waals surface area contributed by atoms with Crippen LogP contribution >= 0.6 is 0 Å². The lowest BCUT2D eigenvalue weighted by molar-refractivity contribution is 0.0526. The Morgan fingerprint density at radius 2 is 1.75 bits per heavy atom. The van der Waals surface area contributed by atoms with Crippen LogP contribution < -0.4 is 0 Å². The van der Waals surface area contributed by atoms with Crippen molar-refractivity contribution in [2.45, 2.75) is 20.4 Å². The molecule has 0 amide bonds. The van der Waals surface area contributed by atoms with E-state index in [0.29, 0.717) is 18.7 Å². The fourth-order valence-electron chi connectivity index (χ4n) is 3.51. The molecule has 4 aromatic rings. The Balaban J connectivity index is 1.78. The van der Waals surface area contributed by atoms with Gasteiger partial charge in [-0.25, -0.2) is 9.78 Å². The van der Waals surface area contributed by atoms with Crippen LogP contribution in [0.3, 0.4) is 0 Å². The molecule has 0 atom stereocenters. The Bertz CT molecular complexity index is 1130. The average molecular weight is 370 g/mol. The van der Waals surface area contributed by atoms with Crippen LogP contribution in [-0.2, 0) is 11.3 Å². The molecule has 0 radical (unpaired) electrons. The highest BCUT2D eigenvalue weighted by Gasteiger charge is 2.14. The first-order chi connectivity index (χ1) is 13.7. The topological polar surface area (TPSA) is 44.1 Å². The van der Waals surface area contributed by atoms with E-state index in [9.17, 15) is 4.79 Å². The molecular formula is C24H22N2O2. The Hall–Kier alpha value is -3.40. The maximum atomic E-state index is 12.2. The lowest BCUT2D eigenvalue weighted by atomic mass is 9.99. The van der Waals surface area contributed by atoms with E-state index in [2.05, 4.69) is 58.1 Å². The number of nitrogens with zero attached hydrogens (tertiary/aromatic N) is 2. The van der Waals surface area contributed by atoms with Crippen LogP contribution in [0.25, 0.3) is 22.2 Å². The second kappa shape index (κ2) is 7.69. The number of carbonyl (C=O) groups excluding carboxylic acids is 1. The van der Waals surface area contributed by atoms with E-state index in [1.54, 1.807) is 6.07 Å². The number of carbonyl (C=O) groups is 1. The molecule has 4 nitrogen and oxygen atoms in total. The molecule has 0 bridgehead atoms. The standard InChI is InChI=1S/C24H22N2O2/c1-3-28-24(27)19-13-14-22-23(15-19)26(17(2)25-22)16-20-11-7-8-12-21(20)18-9-5-4-6-10-18/h4-15H,3,16H2,1-2H3. The van der Waals surface area contributed by atoms with Crippen LogP contribution in [0.5, 0.6) is 0 Å². The monoisotopic (exact) mass is 370 g/mol. The molecule has 0 N–H and O–H groups in total. The van der Waals surface area contributed by atoms with Crippen LogP contribution in [0.1, 0.15) is 28.7 Å². The van der Waals surface area contributed by atoms with Gasteiger partial charge < -0.3 is 9.30 Å². The maximum Gasteiger partial charge on any atom is 0.338 e. The number of aryl methyl sites for hydroxylation is 1. The van der Waals surface area contributed by atoms with Gasteiger partial charge in [-0.2, -0.15) is 0 Å². The summed E-state index contributed by atoms with van der Waals surface area (Å²) >= 11 is 0. The predicted molar refractivity (Wildman–Crippen MR) is 111 cm³/mol. The molecule has 0 aliphatic heterocycles. The lowest BCUT2D eigenvalue weighted by Crippen LogP contribution is -2.06. The fraction of sp³-hybridized carbons (Fsp3) is 0.167. The molecule has 0 aliphatic carbocycles. The predicted octanol–water partition coefficient (Wildman–Crippen LogP) is 5.24. The molecule has 0 saturated carbocycles. The van der Waals surface area contributed by atoms with Crippen molar-refractivity contribution in [3.8, 4) is 11.1 Å². The SMILES string of the molecule is CCOC(=O)c1ccc2nc(C)n(Cc3ccccc3-c3ccccc3)c2c1. The number of imidazole rings is 1. The Labute approximate surface area is 164 Å². The molecule has 0 fully saturated rings. The third-order valence-electron chi connectivity index (χ3n) is 4.88. The molecule has 28 heavy (non-hydrogen) atoms. The zero-order valence-corrected chi connectivity index (χ0v) is 16.1. The van der Waals surface area contributed by atoms with Crippen LogP contribution in [-0.4, -0.2) is 22.1 Å². The third-order valence-corrected chi connectivity index (χ3v) is 4.88. The van der Waals surface area contributed by atoms with Gasteiger partial charge in [0.15, 0.2) is 0 Å². The fourth-order valence-corrected chi connectivity index (χ4v) is 3.51. The van der Waals surface area contributed by atoms with Crippen molar-refractivity contribution in [3.63, 3.8) is 0 Å². The average Bonchev–Trinajstić information content (AvgIpc) is 3.04. The van der Waals surface area contributed by atoms with E-state index in [1.807, 2.05) is 32.0 Å². The van der Waals surface area contributed by atoms with Crippen LogP contribution in [0.15, 0.2) is 72.8 Å². The number of fused-ring (bicyclic) bond motifs is 1. The summed E-state index contributed by atoms with van der Waals surface area (Å²) < 4.78 is 7.30. The quantitative estimate of drug-likeness (QED) is 0.452. The second-order valence-electron chi connectivity index (χ2n) is 6.69. The van der Waals surface area contributed by atoms with E-state index in [-0.39, 0.29) is 5.97 Å². The van der Waals surface area contributed by atoms with E-state index in [4.69, 9.17) is 4.74 Å². The molecule has 3 aromatic carbocycles. The van der Waals surface area contributed by atoms with Gasteiger partial charge in [-0.1, -0.05) is 54.6 Å². The number of ether oxygens (including phenoxy) is 1. The van der Waals surface area contributed by atoms with Crippen molar-refractivity contribution < 1.29 is 9.53 Å². The van der Waals surface area contributed by atoms with E-state index in [0.717, 1.165) is 16.9 Å². The molecule has 0 unspecified atom stereocenters. The number of hydrogen-bond acceptors (Lipinski definition) is 3. The van der Waals surface area contributed by atoms with Gasteiger partial charge >= 0.3 is 5.97 Å². The minimum Gasteiger partial charge on any atom is -0.462 e. The van der Waals surface area contributed by atoms with Gasteiger partial charge in [-0.3, -0.25) is 0 Å². The largest absolute Gasteiger partial charge is 0.462 e. The first-order valence-corrected chi connectivity index (χ1v) is 9.44. The van der Waals surface area contributed by atoms with Gasteiger partial charge in [0.1, 0.15) is 5.82 Å². The molecule has 1 aromatic heterocycles. The van der Waals surface area contributed by atoms with Crippen molar-refractivity contribution in [2.75, 3.05) is 6.61 Å². The zero-order chi connectivity index (χ0) is 19.5. The smallest absolute Gasteiger partial charge is 0.338 e. The van der Waals surface area contributed by atoms with Crippen LogP contribution in [0, 0.1) is 6.92 Å². The first kappa shape index (κ1) is 18.0. The van der Waals surface area contributed by atoms with Crippen LogP contribution in [0.2, 0.25) is 0 Å². The van der Waals surface area contributed by atoms with Gasteiger partial charge in [0.25, 0.3) is 0 Å². The highest BCUT2D eigenvalue weighted by Crippen LogP contribution is 2.26. The molecule has 0 spiro atoms. The lowest BCUT2D eigenvalue weighted by Gasteiger charge is -2.13. The summed E-state index contributed by atoms with van der Waals surface area (Å²) in [7, 11) is 0. The summed E-state index contributed by atoms with van der Waals surface area (Å²) in [6.45, 7) is 4.85. The Morgan fingerprint density at radius 1 is 1.00 bits per heavy atom. The normalized spacial score (nSPS) is 10.9. The van der Waals surface area contributed by atoms with Crippen molar-refractivity contribution in [1.82, 2.24) is 9.55 Å². The summed E-state index contributed by atoms with van der Waals surface area (Å²) in [5.74, 6) is 0.610. The van der Waals surface area contributed by atoms with Gasteiger partial charge in [0, 0.05) is 6.54 Å². The van der Waals surface area contributed by atoms with Gasteiger partial charge in [0.05, 0.1) is 23.2 Å². The number of esters is 1. The number of hydrogen-bond donors (Lipinski definition) is 0. The summed E-state index contributed by atoms with van der Waals surface area (Å²) in [6, 6.07) is 24.3. The van der Waals surface area contributed by atoms with Gasteiger partial charge in [0.2, 0.25) is 0 Å². The molecule has 4 rings (SSSR count). The highest BCUT2D eigenvalue weighted by atomic mass is 16.5. The second-order valence-corrected chi connectivity index (χ2v) is 6.69. The van der Waals surface area contributed by atoms with Crippen molar-refractivity contribution >= 4 is 17.0 Å². The van der Waals surface area contributed by atoms with E-state index in [1.165, 1.54) is 16.7 Å². The minimum absolute atomic E-state index is 0.306. The van der Waals surface area contributed by atoms with E-state index >= 15 is 0 Å². The first-order valence-electron chi connectivity index (χ1n) is 9.44. The Morgan fingerprint density at radius 3 is 2.54 bits per heavy atom. The number of aromatic nitrogens is 2. The highest BCUT2D eigenvalue weighted by molar-refractivity contribution is 5.93. The molecule has 140 valence electrons. The summed E-state index contributed by atoms with van der Waals surface area (Å²) in [4.78, 5) is 16.8. The van der Waals surface area contributed by atoms with Gasteiger partial charge in [-0.05, 0) is 48.7 Å². The van der Waals surface area contributed by atoms with E-state index < -0.39 is 0 Å². The van der Waals surface area contributed by atoms with Crippen LogP contribution in [0.4, 0.5) is 0 Å². The zero-order valence-electron chi connectivity index (χ0n) is 16.1. The third kappa shape index (κ3) is 3.41. The molecule has 4 heteroatoms. The summed E-state index contributed by atoms with van der Waals surface area (Å²) in [5, 5.41) is 0. The summed E-state index contributed by atoms with van der Waals surface area (Å²) in [6.07, 6.45) is 0. The minimum atomic E-state index is -0.306. The molecule has 0 aliphatic rings. The molecule has 1 heterocycles. The van der Waals surface area contributed by atoms with Crippen molar-refractivity contribution in [1.29, 1.82) is 0 Å². The molecular weight excluding hydrogens is 348 g/mol. The number of rotatable bonds is 5. The number of benzene rings is 3. The van der Waals surface area contributed by atoms with Crippen molar-refractivity contribution in [3.05, 3.63) is 89.7 Å². The molecule has 0 saturated heterocycles. The maximum absolute atomic E-state index is 12.2. The summed E-state index contributed by atoms with van der Waals surface area (Å²) in [5.41, 5.74) is 5.96. The van der Waals surface area contributed by atoms with Gasteiger partial charge in [-0.15, -0.1) is 0 Å².